The number of piperazine rings is 1. The summed E-state index contributed by atoms with van der Waals surface area (Å²) in [5.74, 6) is -1.02. The van der Waals surface area contributed by atoms with Gasteiger partial charge < -0.3 is 19.9 Å². The number of carbonyl (C=O) groups excluding carboxylic acids is 3. The standard InChI is InChI=1S/C26H27N3O6S2/c1-19-7-5-8-20(17-19)35-18-23(30)28-12-14-29(15-13-28)26(32)25(27-24(31)22-11-6-16-36-22)37(33,34)21-9-3-2-4-10-21/h2-11,16-17,25H,12-15,18H2,1H3,(H,27,31). The van der Waals surface area contributed by atoms with Crippen molar-refractivity contribution < 1.29 is 27.5 Å². The van der Waals surface area contributed by atoms with E-state index in [2.05, 4.69) is 5.32 Å². The van der Waals surface area contributed by atoms with Crippen LogP contribution in [0, 0.1) is 6.92 Å². The van der Waals surface area contributed by atoms with Gasteiger partial charge >= 0.3 is 0 Å². The number of hydrogen-bond donors (Lipinski definition) is 1. The second-order valence-electron chi connectivity index (χ2n) is 8.50. The van der Waals surface area contributed by atoms with Crippen LogP contribution in [0.3, 0.4) is 0 Å². The summed E-state index contributed by atoms with van der Waals surface area (Å²) in [7, 11) is -4.23. The van der Waals surface area contributed by atoms with Crippen molar-refractivity contribution in [1.82, 2.24) is 15.1 Å². The van der Waals surface area contributed by atoms with Crippen LogP contribution in [0.25, 0.3) is 0 Å². The molecule has 194 valence electrons. The van der Waals surface area contributed by atoms with Crippen molar-refractivity contribution in [2.24, 2.45) is 0 Å². The van der Waals surface area contributed by atoms with E-state index in [9.17, 15) is 22.8 Å². The lowest BCUT2D eigenvalue weighted by Crippen LogP contribution is -2.58. The Hall–Kier alpha value is -3.70. The number of carbonyl (C=O) groups is 3. The molecule has 0 bridgehead atoms. The lowest BCUT2D eigenvalue weighted by Gasteiger charge is -2.36. The monoisotopic (exact) mass is 541 g/mol. The van der Waals surface area contributed by atoms with Gasteiger partial charge in [-0.2, -0.15) is 0 Å². The Balaban J connectivity index is 1.43. The Bertz CT molecular complexity index is 1350. The maximum Gasteiger partial charge on any atom is 0.262 e. The van der Waals surface area contributed by atoms with Gasteiger partial charge in [0, 0.05) is 26.2 Å². The van der Waals surface area contributed by atoms with Crippen LogP contribution < -0.4 is 10.1 Å². The molecule has 9 nitrogen and oxygen atoms in total. The summed E-state index contributed by atoms with van der Waals surface area (Å²) in [4.78, 5) is 42.0. The van der Waals surface area contributed by atoms with Gasteiger partial charge in [0.1, 0.15) is 5.75 Å². The Morgan fingerprint density at radius 1 is 0.946 bits per heavy atom. The topological polar surface area (TPSA) is 113 Å². The highest BCUT2D eigenvalue weighted by Gasteiger charge is 2.39. The normalized spacial score (nSPS) is 14.6. The molecule has 3 amide bonds. The van der Waals surface area contributed by atoms with Crippen LogP contribution in [-0.2, 0) is 19.4 Å². The number of sulfone groups is 1. The summed E-state index contributed by atoms with van der Waals surface area (Å²) in [6.45, 7) is 2.49. The van der Waals surface area contributed by atoms with Crippen LogP contribution in [0.15, 0.2) is 77.0 Å². The molecular formula is C26H27N3O6S2. The largest absolute Gasteiger partial charge is 0.484 e. The molecule has 0 spiro atoms. The Morgan fingerprint density at radius 2 is 1.65 bits per heavy atom. The third-order valence-electron chi connectivity index (χ3n) is 5.91. The highest BCUT2D eigenvalue weighted by molar-refractivity contribution is 7.92. The first-order chi connectivity index (χ1) is 17.8. The third-order valence-corrected chi connectivity index (χ3v) is 8.65. The van der Waals surface area contributed by atoms with E-state index in [4.69, 9.17) is 4.74 Å². The number of hydrogen-bond acceptors (Lipinski definition) is 7. The molecule has 1 aromatic heterocycles. The van der Waals surface area contributed by atoms with Crippen molar-refractivity contribution in [2.75, 3.05) is 32.8 Å². The molecule has 4 rings (SSSR count). The molecule has 0 saturated carbocycles. The fourth-order valence-electron chi connectivity index (χ4n) is 3.90. The zero-order valence-electron chi connectivity index (χ0n) is 20.2. The number of amides is 3. The van der Waals surface area contributed by atoms with Crippen molar-refractivity contribution in [3.05, 3.63) is 82.6 Å². The van der Waals surface area contributed by atoms with Gasteiger partial charge in [-0.25, -0.2) is 8.42 Å². The van der Waals surface area contributed by atoms with Gasteiger partial charge in [-0.1, -0.05) is 36.4 Å². The molecule has 11 heteroatoms. The van der Waals surface area contributed by atoms with Gasteiger partial charge in [0.2, 0.25) is 15.2 Å². The molecule has 1 aliphatic rings. The number of benzene rings is 2. The SMILES string of the molecule is Cc1cccc(OCC(=O)N2CCN(C(=O)C(NC(=O)c3cccs3)S(=O)(=O)c3ccccc3)CC2)c1. The van der Waals surface area contributed by atoms with Crippen molar-refractivity contribution in [2.45, 2.75) is 17.2 Å². The van der Waals surface area contributed by atoms with E-state index in [0.29, 0.717) is 10.6 Å². The molecule has 1 atom stereocenters. The van der Waals surface area contributed by atoms with Crippen LogP contribution in [0.5, 0.6) is 5.75 Å². The molecule has 0 radical (unpaired) electrons. The molecule has 1 aliphatic heterocycles. The molecule has 2 heterocycles. The highest BCUT2D eigenvalue weighted by Crippen LogP contribution is 2.19. The van der Waals surface area contributed by atoms with Gasteiger partial charge in [0.25, 0.3) is 17.7 Å². The van der Waals surface area contributed by atoms with Crippen LogP contribution in [0.4, 0.5) is 0 Å². The van der Waals surface area contributed by atoms with E-state index in [0.717, 1.165) is 16.9 Å². The summed E-state index contributed by atoms with van der Waals surface area (Å²) in [6.07, 6.45) is 0. The number of rotatable bonds is 8. The van der Waals surface area contributed by atoms with Gasteiger partial charge in [-0.05, 0) is 48.2 Å². The van der Waals surface area contributed by atoms with Crippen molar-refractivity contribution in [1.29, 1.82) is 0 Å². The smallest absolute Gasteiger partial charge is 0.262 e. The summed E-state index contributed by atoms with van der Waals surface area (Å²) in [6, 6.07) is 18.2. The fourth-order valence-corrected chi connectivity index (χ4v) is 6.01. The number of ether oxygens (including phenoxy) is 1. The first-order valence-electron chi connectivity index (χ1n) is 11.6. The molecule has 3 aromatic rings. The fraction of sp³-hybridized carbons (Fsp3) is 0.269. The molecule has 1 fully saturated rings. The number of nitrogens with zero attached hydrogens (tertiary/aromatic N) is 2. The minimum atomic E-state index is -4.23. The second kappa shape index (κ2) is 11.6. The maximum absolute atomic E-state index is 13.4. The number of thiophene rings is 1. The number of nitrogens with one attached hydrogen (secondary N) is 1. The van der Waals surface area contributed by atoms with Gasteiger partial charge in [-0.15, -0.1) is 11.3 Å². The lowest BCUT2D eigenvalue weighted by molar-refractivity contribution is -0.140. The van der Waals surface area contributed by atoms with Gasteiger partial charge in [0.15, 0.2) is 6.61 Å². The third kappa shape index (κ3) is 6.36. The molecule has 2 aromatic carbocycles. The zero-order chi connectivity index (χ0) is 26.4. The number of aryl methyl sites for hydroxylation is 1. The molecule has 1 N–H and O–H groups in total. The molecule has 37 heavy (non-hydrogen) atoms. The second-order valence-corrected chi connectivity index (χ2v) is 11.5. The quantitative estimate of drug-likeness (QED) is 0.469. The predicted molar refractivity (Wildman–Crippen MR) is 139 cm³/mol. The van der Waals surface area contributed by atoms with Crippen molar-refractivity contribution >= 4 is 38.9 Å². The first-order valence-corrected chi connectivity index (χ1v) is 14.1. The van der Waals surface area contributed by atoms with E-state index in [1.807, 2.05) is 25.1 Å². The lowest BCUT2D eigenvalue weighted by atomic mass is 10.2. The summed E-state index contributed by atoms with van der Waals surface area (Å²) in [5.41, 5.74) is 1.02. The van der Waals surface area contributed by atoms with E-state index < -0.39 is 27.0 Å². The average Bonchev–Trinajstić information content (AvgIpc) is 3.46. The highest BCUT2D eigenvalue weighted by atomic mass is 32.2. The van der Waals surface area contributed by atoms with Crippen LogP contribution >= 0.6 is 11.3 Å². The van der Waals surface area contributed by atoms with Crippen molar-refractivity contribution in [3.63, 3.8) is 0 Å². The van der Waals surface area contributed by atoms with E-state index in [1.165, 1.54) is 17.0 Å². The predicted octanol–water partition coefficient (Wildman–Crippen LogP) is 2.34. The van der Waals surface area contributed by atoms with E-state index in [-0.39, 0.29) is 43.6 Å². The van der Waals surface area contributed by atoms with Crippen LogP contribution in [0.1, 0.15) is 15.2 Å². The summed E-state index contributed by atoms with van der Waals surface area (Å²) in [5, 5.41) is 2.32. The summed E-state index contributed by atoms with van der Waals surface area (Å²) >= 11 is 1.15. The molecule has 1 saturated heterocycles. The Kier molecular flexibility index (Phi) is 8.24. The first kappa shape index (κ1) is 26.4. The Morgan fingerprint density at radius 3 is 2.30 bits per heavy atom. The molecule has 1 unspecified atom stereocenters. The Labute approximate surface area is 219 Å². The van der Waals surface area contributed by atoms with E-state index in [1.54, 1.807) is 46.7 Å². The summed E-state index contributed by atoms with van der Waals surface area (Å²) < 4.78 is 32.4. The minimum Gasteiger partial charge on any atom is -0.484 e. The molecule has 0 aliphatic carbocycles. The van der Waals surface area contributed by atoms with E-state index >= 15 is 0 Å². The van der Waals surface area contributed by atoms with Crippen LogP contribution in [-0.4, -0.2) is 74.1 Å². The zero-order valence-corrected chi connectivity index (χ0v) is 21.8. The van der Waals surface area contributed by atoms with Gasteiger partial charge in [0.05, 0.1) is 9.77 Å². The van der Waals surface area contributed by atoms with Gasteiger partial charge in [-0.3, -0.25) is 14.4 Å². The minimum absolute atomic E-state index is 0.0676. The molecular weight excluding hydrogens is 514 g/mol. The van der Waals surface area contributed by atoms with Crippen LogP contribution in [0.2, 0.25) is 0 Å². The average molecular weight is 542 g/mol. The van der Waals surface area contributed by atoms with Crippen molar-refractivity contribution in [3.8, 4) is 5.75 Å². The maximum atomic E-state index is 13.4.